The van der Waals surface area contributed by atoms with E-state index in [1.54, 1.807) is 51.1 Å². The molecule has 0 spiro atoms. The van der Waals surface area contributed by atoms with Gasteiger partial charge in [-0.25, -0.2) is 9.59 Å². The van der Waals surface area contributed by atoms with E-state index in [0.717, 1.165) is 0 Å². The topological polar surface area (TPSA) is 72.8 Å². The zero-order valence-corrected chi connectivity index (χ0v) is 13.3. The van der Waals surface area contributed by atoms with E-state index in [0.29, 0.717) is 5.56 Å². The number of esters is 1. The molecule has 0 aliphatic rings. The van der Waals surface area contributed by atoms with E-state index in [9.17, 15) is 9.59 Å². The van der Waals surface area contributed by atoms with Gasteiger partial charge in [-0.2, -0.15) is 0 Å². The summed E-state index contributed by atoms with van der Waals surface area (Å²) in [7, 11) is 0. The predicted molar refractivity (Wildman–Crippen MR) is 80.0 cm³/mol. The first-order valence-electron chi connectivity index (χ1n) is 6.76. The van der Waals surface area contributed by atoms with Gasteiger partial charge in [0, 0.05) is 0 Å². The largest absolute Gasteiger partial charge is 0.516 e. The molecule has 0 aromatic heterocycles. The van der Waals surface area contributed by atoms with Crippen LogP contribution in [-0.4, -0.2) is 29.4 Å². The Morgan fingerprint density at radius 1 is 1.14 bits per heavy atom. The maximum absolute atomic E-state index is 11.4. The van der Waals surface area contributed by atoms with Gasteiger partial charge in [-0.1, -0.05) is 32.0 Å². The van der Waals surface area contributed by atoms with E-state index in [1.165, 1.54) is 0 Å². The van der Waals surface area contributed by atoms with Crippen molar-refractivity contribution >= 4 is 12.1 Å². The Kier molecular flexibility index (Phi) is 8.31. The maximum atomic E-state index is 11.4. The highest BCUT2D eigenvalue weighted by molar-refractivity contribution is 5.95. The standard InChI is InChI=1S/C12H14O4.C4H10O/c1-9(2)8-15-12(14)16-11(13)10-6-4-3-5-7-10;1-4(2,3)5/h3-7,9H,8H2,1-2H3;5H,1-3H3. The first-order chi connectivity index (χ1) is 9.59. The second kappa shape index (κ2) is 9.13. The Morgan fingerprint density at radius 3 is 2.05 bits per heavy atom. The van der Waals surface area contributed by atoms with Crippen LogP contribution >= 0.6 is 0 Å². The summed E-state index contributed by atoms with van der Waals surface area (Å²) in [6, 6.07) is 8.29. The van der Waals surface area contributed by atoms with Crippen molar-refractivity contribution in [3.63, 3.8) is 0 Å². The lowest BCUT2D eigenvalue weighted by molar-refractivity contribution is 0.0351. The van der Waals surface area contributed by atoms with Gasteiger partial charge in [0.05, 0.1) is 17.8 Å². The smallest absolute Gasteiger partial charge is 0.434 e. The summed E-state index contributed by atoms with van der Waals surface area (Å²) >= 11 is 0. The van der Waals surface area contributed by atoms with Crippen LogP contribution in [0.15, 0.2) is 30.3 Å². The number of carbonyl (C=O) groups is 2. The third kappa shape index (κ3) is 12.9. The first kappa shape index (κ1) is 19.1. The van der Waals surface area contributed by atoms with E-state index < -0.39 is 17.7 Å². The summed E-state index contributed by atoms with van der Waals surface area (Å²) in [6.45, 7) is 9.26. The molecule has 0 saturated carbocycles. The summed E-state index contributed by atoms with van der Waals surface area (Å²) in [5, 5.41) is 8.52. The molecule has 1 aromatic rings. The molecule has 0 unspecified atom stereocenters. The van der Waals surface area contributed by atoms with Gasteiger partial charge < -0.3 is 14.6 Å². The van der Waals surface area contributed by atoms with Crippen molar-refractivity contribution in [2.75, 3.05) is 6.61 Å². The van der Waals surface area contributed by atoms with Crippen molar-refractivity contribution in [2.24, 2.45) is 5.92 Å². The van der Waals surface area contributed by atoms with Gasteiger partial charge in [0.1, 0.15) is 0 Å². The van der Waals surface area contributed by atoms with Gasteiger partial charge in [-0.05, 0) is 38.8 Å². The van der Waals surface area contributed by atoms with Crippen LogP contribution in [0.1, 0.15) is 45.0 Å². The van der Waals surface area contributed by atoms with Crippen LogP contribution in [0.25, 0.3) is 0 Å². The number of hydrogen-bond acceptors (Lipinski definition) is 5. The summed E-state index contributed by atoms with van der Waals surface area (Å²) in [4.78, 5) is 22.4. The lowest BCUT2D eigenvalue weighted by atomic mass is 10.2. The SMILES string of the molecule is CC(C)(C)O.CC(C)COC(=O)OC(=O)c1ccccc1. The minimum Gasteiger partial charge on any atom is -0.434 e. The number of hydrogen-bond donors (Lipinski definition) is 1. The average Bonchev–Trinajstić information content (AvgIpc) is 2.35. The highest BCUT2D eigenvalue weighted by atomic mass is 16.7. The normalized spacial score (nSPS) is 10.4. The fraction of sp³-hybridized carbons (Fsp3) is 0.500. The Balaban J connectivity index is 0.000000690. The van der Waals surface area contributed by atoms with Crippen LogP contribution in [0.5, 0.6) is 0 Å². The summed E-state index contributed by atoms with van der Waals surface area (Å²) in [5.41, 5.74) is -0.177. The third-order valence-corrected chi connectivity index (χ3v) is 1.72. The molecule has 5 heteroatoms. The van der Waals surface area contributed by atoms with Crippen LogP contribution < -0.4 is 0 Å². The van der Waals surface area contributed by atoms with E-state index in [-0.39, 0.29) is 12.5 Å². The summed E-state index contributed by atoms with van der Waals surface area (Å²) in [5.74, 6) is -0.492. The second-order valence-electron chi connectivity index (χ2n) is 5.88. The molecule has 0 fully saturated rings. The van der Waals surface area contributed by atoms with Crippen LogP contribution in [-0.2, 0) is 9.47 Å². The van der Waals surface area contributed by atoms with Crippen molar-refractivity contribution in [2.45, 2.75) is 40.2 Å². The molecule has 21 heavy (non-hydrogen) atoms. The zero-order chi connectivity index (χ0) is 16.5. The highest BCUT2D eigenvalue weighted by Gasteiger charge is 2.13. The lowest BCUT2D eigenvalue weighted by Gasteiger charge is -2.06. The summed E-state index contributed by atoms with van der Waals surface area (Å²) < 4.78 is 9.20. The Bertz CT molecular complexity index is 426. The third-order valence-electron chi connectivity index (χ3n) is 1.72. The van der Waals surface area contributed by atoms with E-state index in [2.05, 4.69) is 4.74 Å². The van der Waals surface area contributed by atoms with Crippen LogP contribution in [0, 0.1) is 5.92 Å². The molecular formula is C16H24O5. The Morgan fingerprint density at radius 2 is 1.62 bits per heavy atom. The number of carbonyl (C=O) groups excluding carboxylic acids is 2. The highest BCUT2D eigenvalue weighted by Crippen LogP contribution is 2.03. The van der Waals surface area contributed by atoms with Crippen molar-refractivity contribution in [1.29, 1.82) is 0 Å². The quantitative estimate of drug-likeness (QED) is 0.683. The van der Waals surface area contributed by atoms with E-state index in [4.69, 9.17) is 9.84 Å². The molecule has 0 aliphatic heterocycles. The number of rotatable bonds is 3. The Hall–Kier alpha value is -1.88. The minimum absolute atomic E-state index is 0.208. The first-order valence-corrected chi connectivity index (χ1v) is 6.76. The predicted octanol–water partition coefficient (Wildman–Crippen LogP) is 3.41. The molecule has 0 radical (unpaired) electrons. The lowest BCUT2D eigenvalue weighted by Crippen LogP contribution is -2.16. The Labute approximate surface area is 125 Å². The van der Waals surface area contributed by atoms with Crippen molar-refractivity contribution in [3.8, 4) is 0 Å². The van der Waals surface area contributed by atoms with Gasteiger partial charge in [-0.15, -0.1) is 0 Å². The fourth-order valence-corrected chi connectivity index (χ4v) is 0.973. The molecule has 0 bridgehead atoms. The van der Waals surface area contributed by atoms with Crippen LogP contribution in [0.2, 0.25) is 0 Å². The molecule has 0 aliphatic carbocycles. The average molecular weight is 296 g/mol. The number of aliphatic hydroxyl groups is 1. The van der Waals surface area contributed by atoms with Crippen LogP contribution in [0.4, 0.5) is 4.79 Å². The molecule has 0 amide bonds. The molecule has 1 N–H and O–H groups in total. The van der Waals surface area contributed by atoms with Gasteiger partial charge in [-0.3, -0.25) is 0 Å². The minimum atomic E-state index is -0.956. The molecule has 0 heterocycles. The van der Waals surface area contributed by atoms with Crippen molar-refractivity contribution < 1.29 is 24.2 Å². The van der Waals surface area contributed by atoms with Gasteiger partial charge >= 0.3 is 12.1 Å². The monoisotopic (exact) mass is 296 g/mol. The molecule has 0 atom stereocenters. The zero-order valence-electron chi connectivity index (χ0n) is 13.3. The second-order valence-corrected chi connectivity index (χ2v) is 5.88. The number of benzene rings is 1. The van der Waals surface area contributed by atoms with Gasteiger partial charge in [0.25, 0.3) is 0 Å². The van der Waals surface area contributed by atoms with Crippen molar-refractivity contribution in [1.82, 2.24) is 0 Å². The molecule has 1 rings (SSSR count). The summed E-state index contributed by atoms with van der Waals surface area (Å²) in [6.07, 6.45) is -0.956. The fourth-order valence-electron chi connectivity index (χ4n) is 0.973. The van der Waals surface area contributed by atoms with Crippen molar-refractivity contribution in [3.05, 3.63) is 35.9 Å². The molecular weight excluding hydrogens is 272 g/mol. The van der Waals surface area contributed by atoms with Gasteiger partial charge in [0.15, 0.2) is 0 Å². The van der Waals surface area contributed by atoms with Gasteiger partial charge in [0.2, 0.25) is 0 Å². The molecule has 118 valence electrons. The number of ether oxygens (including phenoxy) is 2. The molecule has 0 saturated heterocycles. The molecule has 1 aromatic carbocycles. The van der Waals surface area contributed by atoms with E-state index >= 15 is 0 Å². The molecule has 5 nitrogen and oxygen atoms in total. The van der Waals surface area contributed by atoms with E-state index in [1.807, 2.05) is 13.8 Å². The maximum Gasteiger partial charge on any atom is 0.516 e. The van der Waals surface area contributed by atoms with Crippen LogP contribution in [0.3, 0.4) is 0 Å².